The first-order valence-corrected chi connectivity index (χ1v) is 10.5. The molecule has 0 atom stereocenters. The second-order valence-electron chi connectivity index (χ2n) is 7.81. The molecule has 0 amide bonds. The van der Waals surface area contributed by atoms with Gasteiger partial charge in [0.2, 0.25) is 0 Å². The van der Waals surface area contributed by atoms with Crippen LogP contribution in [0.15, 0.2) is 48.5 Å². The molecule has 0 spiro atoms. The van der Waals surface area contributed by atoms with Crippen LogP contribution in [0.1, 0.15) is 62.9 Å². The summed E-state index contributed by atoms with van der Waals surface area (Å²) in [7, 11) is 0. The molecule has 0 radical (unpaired) electrons. The minimum atomic E-state index is -0.458. The van der Waals surface area contributed by atoms with Crippen molar-refractivity contribution in [2.75, 3.05) is 13.2 Å². The van der Waals surface area contributed by atoms with Gasteiger partial charge in [-0.2, -0.15) is 11.2 Å². The molecule has 0 aliphatic carbocycles. The Morgan fingerprint density at radius 3 is 1.79 bits per heavy atom. The van der Waals surface area contributed by atoms with Gasteiger partial charge in [-0.3, -0.25) is 4.79 Å². The van der Waals surface area contributed by atoms with E-state index in [0.29, 0.717) is 12.3 Å². The minimum absolute atomic E-state index is 0. The monoisotopic (exact) mass is 533 g/mol. The van der Waals surface area contributed by atoms with Crippen LogP contribution in [0.5, 0.6) is 0 Å². The third-order valence-corrected chi connectivity index (χ3v) is 3.59. The molecule has 3 nitrogen and oxygen atoms in total. The Morgan fingerprint density at radius 2 is 1.45 bits per heavy atom. The Hall–Kier alpha value is -1.33. The predicted octanol–water partition coefficient (Wildman–Crippen LogP) is 3.65. The fourth-order valence-electron chi connectivity index (χ4n) is 2.23. The topological polar surface area (TPSA) is 50.1 Å². The van der Waals surface area contributed by atoms with Gasteiger partial charge < -0.3 is 28.6 Å². The Morgan fingerprint density at radius 1 is 1.00 bits per heavy atom. The van der Waals surface area contributed by atoms with Crippen molar-refractivity contribution in [2.45, 2.75) is 47.0 Å². The number of carbonyl (C=O) groups excluding carboxylic acids is 1. The molecule has 0 aromatic heterocycles. The van der Waals surface area contributed by atoms with E-state index in [4.69, 9.17) is 10.00 Å². The van der Waals surface area contributed by atoms with Gasteiger partial charge in [0, 0.05) is 19.6 Å². The Bertz CT molecular complexity index is 797. The normalized spacial score (nSPS) is 11.2. The summed E-state index contributed by atoms with van der Waals surface area (Å²) < 4.78 is 30.4. The van der Waals surface area contributed by atoms with E-state index in [-0.39, 0.29) is 62.9 Å². The predicted molar refractivity (Wildman–Crippen MR) is 127 cm³/mol. The molecule has 1 saturated heterocycles. The summed E-state index contributed by atoms with van der Waals surface area (Å²) in [6, 6.07) is 13.7. The number of rotatable bonds is 3. The van der Waals surface area contributed by atoms with Gasteiger partial charge in [0.1, 0.15) is 17.7 Å². The molecule has 1 fully saturated rings. The quantitative estimate of drug-likeness (QED) is 0.343. The Labute approximate surface area is 224 Å². The first kappa shape index (κ1) is 36.2. The number of hydrogen-bond donors (Lipinski definition) is 0. The molecule has 2 aromatic rings. The minimum Gasteiger partial charge on any atom is -1.00 e. The third-order valence-electron chi connectivity index (χ3n) is 3.59. The van der Waals surface area contributed by atoms with Crippen molar-refractivity contribution in [3.63, 3.8) is 0 Å². The van der Waals surface area contributed by atoms with E-state index in [9.17, 15) is 13.6 Å². The van der Waals surface area contributed by atoms with Crippen molar-refractivity contribution in [1.29, 1.82) is 5.26 Å². The number of carbonyl (C=O) groups is 1. The van der Waals surface area contributed by atoms with Crippen LogP contribution in [-0.4, -0.2) is 42.0 Å². The average molecular weight is 535 g/mol. The number of ether oxygens (including phenoxy) is 1. The molecule has 3 rings (SSSR count). The molecule has 33 heavy (non-hydrogen) atoms. The van der Waals surface area contributed by atoms with Crippen molar-refractivity contribution >= 4 is 28.8 Å². The molecule has 1 heterocycles. The second-order valence-corrected chi connectivity index (χ2v) is 7.81. The van der Waals surface area contributed by atoms with Crippen molar-refractivity contribution in [3.8, 4) is 6.07 Å². The van der Waals surface area contributed by atoms with Gasteiger partial charge in [-0.25, -0.2) is 8.78 Å². The first-order valence-electron chi connectivity index (χ1n) is 10.5. The summed E-state index contributed by atoms with van der Waals surface area (Å²) in [5.41, 5.74) is 0.300. The van der Waals surface area contributed by atoms with Gasteiger partial charge in [0.25, 0.3) is 0 Å². The molecule has 0 saturated carbocycles. The standard InChI is InChI=1S/C11H13FO.C7H4FN.C4H8O.C4H9.BrH.Mg/c1-8(2)7-11(13)9-5-3-4-6-10(9)12;8-7-4-2-1-3-6(7)5-9;1-2-4-5-3-1;1-4(2)3;;/h3-6,8H,7H2,1-2H3;1-4H;1-4H2;4H,1H2,2-3H3;1H;/q;;;-1;;+2/p-1. The summed E-state index contributed by atoms with van der Waals surface area (Å²) in [4.78, 5) is 11.4. The third kappa shape index (κ3) is 19.8. The molecular weight excluding hydrogens is 500 g/mol. The molecule has 7 heteroatoms. The summed E-state index contributed by atoms with van der Waals surface area (Å²) in [5, 5.41) is 8.23. The molecule has 1 aliphatic rings. The van der Waals surface area contributed by atoms with Gasteiger partial charge in [0.05, 0.1) is 11.1 Å². The van der Waals surface area contributed by atoms with E-state index >= 15 is 0 Å². The maximum atomic E-state index is 13.1. The molecule has 2 aromatic carbocycles. The number of halogens is 3. The number of benzene rings is 2. The second kappa shape index (κ2) is 22.5. The van der Waals surface area contributed by atoms with E-state index < -0.39 is 11.6 Å². The van der Waals surface area contributed by atoms with Crippen molar-refractivity contribution in [1.82, 2.24) is 0 Å². The van der Waals surface area contributed by atoms with Gasteiger partial charge in [-0.1, -0.05) is 52.0 Å². The van der Waals surface area contributed by atoms with Crippen LogP contribution in [0.3, 0.4) is 0 Å². The van der Waals surface area contributed by atoms with Gasteiger partial charge in [0.15, 0.2) is 5.78 Å². The fourth-order valence-corrected chi connectivity index (χ4v) is 2.23. The van der Waals surface area contributed by atoms with Crippen LogP contribution >= 0.6 is 0 Å². The Balaban J connectivity index is -0.000000392. The number of nitrogens with zero attached hydrogens (tertiary/aromatic N) is 1. The van der Waals surface area contributed by atoms with E-state index in [1.54, 1.807) is 30.3 Å². The van der Waals surface area contributed by atoms with Crippen LogP contribution < -0.4 is 17.0 Å². The molecule has 0 N–H and O–H groups in total. The van der Waals surface area contributed by atoms with E-state index in [2.05, 4.69) is 20.8 Å². The molecule has 0 bridgehead atoms. The first-order chi connectivity index (χ1) is 14.7. The van der Waals surface area contributed by atoms with Crippen molar-refractivity contribution < 1.29 is 35.3 Å². The summed E-state index contributed by atoms with van der Waals surface area (Å²) in [5.74, 6) is -0.145. The van der Waals surface area contributed by atoms with Crippen LogP contribution in [0.4, 0.5) is 8.78 Å². The zero-order valence-corrected chi connectivity index (χ0v) is 23.1. The van der Waals surface area contributed by atoms with E-state index in [1.807, 2.05) is 13.8 Å². The number of hydrogen-bond acceptors (Lipinski definition) is 3. The fraction of sp³-hybridized carbons (Fsp3) is 0.423. The van der Waals surface area contributed by atoms with Crippen LogP contribution in [-0.2, 0) is 4.74 Å². The Kier molecular flexibility index (Phi) is 24.7. The molecular formula is C26H34BrF2MgNO2. The SMILES string of the molecule is C1CCOC1.CC(C)CC(=O)c1ccccc1F.N#Cc1ccccc1F.[Br-].[CH2-]C(C)C.[Mg+2]. The maximum absolute atomic E-state index is 13.1. The zero-order valence-electron chi connectivity index (χ0n) is 20.1. The van der Waals surface area contributed by atoms with Gasteiger partial charge in [-0.05, 0) is 43.0 Å². The van der Waals surface area contributed by atoms with E-state index in [1.165, 1.54) is 37.1 Å². The number of nitriles is 1. The van der Waals surface area contributed by atoms with Gasteiger partial charge >= 0.3 is 23.1 Å². The van der Waals surface area contributed by atoms with E-state index in [0.717, 1.165) is 13.2 Å². The summed E-state index contributed by atoms with van der Waals surface area (Å²) in [6.07, 6.45) is 2.96. The van der Waals surface area contributed by atoms with Crippen LogP contribution in [0, 0.1) is 41.7 Å². The largest absolute Gasteiger partial charge is 2.00 e. The molecule has 178 valence electrons. The maximum Gasteiger partial charge on any atom is 2.00 e. The van der Waals surface area contributed by atoms with Crippen LogP contribution in [0.25, 0.3) is 0 Å². The number of ketones is 1. The smallest absolute Gasteiger partial charge is 1.00 e. The summed E-state index contributed by atoms with van der Waals surface area (Å²) >= 11 is 0. The van der Waals surface area contributed by atoms with Gasteiger partial charge in [-0.15, -0.1) is 0 Å². The molecule has 0 unspecified atom stereocenters. The average Bonchev–Trinajstić information content (AvgIpc) is 3.28. The van der Waals surface area contributed by atoms with Crippen molar-refractivity contribution in [3.05, 3.63) is 78.2 Å². The number of Topliss-reactive ketones (excluding diaryl/α,β-unsaturated/α-hetero) is 1. The van der Waals surface area contributed by atoms with Crippen LogP contribution in [0.2, 0.25) is 0 Å². The summed E-state index contributed by atoms with van der Waals surface area (Å²) in [6.45, 7) is 13.6. The van der Waals surface area contributed by atoms with Crippen molar-refractivity contribution in [2.24, 2.45) is 11.8 Å². The zero-order chi connectivity index (χ0) is 23.6. The molecule has 1 aliphatic heterocycles.